The fourth-order valence-electron chi connectivity index (χ4n) is 1.32. The van der Waals surface area contributed by atoms with Gasteiger partial charge < -0.3 is 10.3 Å². The number of halogens is 1. The van der Waals surface area contributed by atoms with Crippen LogP contribution < -0.4 is 4.68 Å². The monoisotopic (exact) mass is 223 g/mol. The summed E-state index contributed by atoms with van der Waals surface area (Å²) in [7, 11) is 0. The Morgan fingerprint density at radius 2 is 2.20 bits per heavy atom. The van der Waals surface area contributed by atoms with Gasteiger partial charge in [-0.1, -0.05) is 34.5 Å². The summed E-state index contributed by atoms with van der Waals surface area (Å²) < 4.78 is 6.22. The van der Waals surface area contributed by atoms with Gasteiger partial charge in [0, 0.05) is 11.4 Å². The molecule has 0 saturated carbocycles. The van der Waals surface area contributed by atoms with Gasteiger partial charge >= 0.3 is 0 Å². The molecule has 1 aromatic heterocycles. The Bertz CT molecular complexity index is 455. The number of nitrogens with one attached hydrogen (secondary N) is 1. The minimum atomic E-state index is 0.0640. The predicted octanol–water partition coefficient (Wildman–Crippen LogP) is 2.54. The number of nitrogens with zero attached hydrogens (tertiary/aromatic N) is 2. The lowest BCUT2D eigenvalue weighted by Crippen LogP contribution is -2.35. The first-order chi connectivity index (χ1) is 7.25. The molecule has 0 aliphatic rings. The molecule has 0 aliphatic carbocycles. The largest absolute Gasteiger partial charge is 0.660 e. The Hall–Kier alpha value is -1.55. The molecule has 4 nitrogen and oxygen atoms in total. The van der Waals surface area contributed by atoms with E-state index in [1.807, 2.05) is 24.3 Å². The van der Waals surface area contributed by atoms with Crippen molar-refractivity contribution < 1.29 is 9.20 Å². The second-order valence-corrected chi connectivity index (χ2v) is 3.58. The Kier molecular flexibility index (Phi) is 2.87. The molecule has 5 heteroatoms. The lowest BCUT2D eigenvalue weighted by Gasteiger charge is -1.98. The van der Waals surface area contributed by atoms with E-state index in [1.54, 1.807) is 4.68 Å². The predicted molar refractivity (Wildman–Crippen MR) is 55.8 cm³/mol. The Balaban J connectivity index is 2.02. The highest BCUT2D eigenvalue weighted by Crippen LogP contribution is 2.15. The third-order valence-corrected chi connectivity index (χ3v) is 2.45. The number of aromatic nitrogens is 2. The van der Waals surface area contributed by atoms with E-state index in [0.717, 1.165) is 17.0 Å². The molecular weight excluding hydrogens is 214 g/mol. The van der Waals surface area contributed by atoms with Crippen molar-refractivity contribution in [2.75, 3.05) is 0 Å². The van der Waals surface area contributed by atoms with Gasteiger partial charge in [-0.3, -0.25) is 0 Å². The van der Waals surface area contributed by atoms with Gasteiger partial charge in [0.05, 0.1) is 0 Å². The lowest BCUT2D eigenvalue weighted by atomic mass is 10.1. The summed E-state index contributed by atoms with van der Waals surface area (Å²) in [5, 5.41) is 4.43. The maximum atomic E-state index is 7.17. The zero-order valence-corrected chi connectivity index (χ0v) is 8.74. The third kappa shape index (κ3) is 2.47. The molecule has 78 valence electrons. The van der Waals surface area contributed by atoms with E-state index in [2.05, 4.69) is 9.79 Å². The molecule has 0 aliphatic heterocycles. The highest BCUT2D eigenvalue weighted by Gasteiger charge is 2.07. The average molecular weight is 224 g/mol. The zero-order valence-electron chi connectivity index (χ0n) is 7.98. The van der Waals surface area contributed by atoms with E-state index >= 15 is 0 Å². The van der Waals surface area contributed by atoms with Crippen molar-refractivity contribution in [2.45, 2.75) is 13.0 Å². The van der Waals surface area contributed by atoms with Crippen molar-refractivity contribution in [3.63, 3.8) is 0 Å². The fourth-order valence-corrected chi connectivity index (χ4v) is 1.55. The van der Waals surface area contributed by atoms with Crippen LogP contribution in [0.5, 0.6) is 0 Å². The minimum absolute atomic E-state index is 0.0640. The summed E-state index contributed by atoms with van der Waals surface area (Å²) in [4.78, 5) is 0. The molecule has 0 fully saturated rings. The van der Waals surface area contributed by atoms with Crippen molar-refractivity contribution in [3.05, 3.63) is 46.8 Å². The van der Waals surface area contributed by atoms with Crippen LogP contribution in [0.25, 0.3) is 5.73 Å². The molecule has 0 radical (unpaired) electrons. The van der Waals surface area contributed by atoms with Crippen molar-refractivity contribution in [2.24, 2.45) is 0 Å². The molecule has 2 aromatic rings. The van der Waals surface area contributed by atoms with Gasteiger partial charge in [0.15, 0.2) is 11.8 Å². The summed E-state index contributed by atoms with van der Waals surface area (Å²) in [6.07, 6.45) is 2.31. The van der Waals surface area contributed by atoms with Crippen LogP contribution in [-0.4, -0.2) is 5.27 Å². The van der Waals surface area contributed by atoms with Gasteiger partial charge in [-0.15, -0.1) is 0 Å². The Morgan fingerprint density at radius 3 is 2.87 bits per heavy atom. The van der Waals surface area contributed by atoms with E-state index in [9.17, 15) is 0 Å². The lowest BCUT2D eigenvalue weighted by molar-refractivity contribution is -0.761. The summed E-state index contributed by atoms with van der Waals surface area (Å²) in [5.74, 6) is 0.0640. The molecular formula is C10H10ClN3O. The molecule has 0 amide bonds. The molecule has 1 aromatic carbocycles. The van der Waals surface area contributed by atoms with Crippen molar-refractivity contribution >= 4 is 17.5 Å². The Morgan fingerprint density at radius 1 is 1.40 bits per heavy atom. The second-order valence-electron chi connectivity index (χ2n) is 3.17. The Labute approximate surface area is 92.2 Å². The smallest absolute Gasteiger partial charge is 0.222 e. The first-order valence-electron chi connectivity index (χ1n) is 4.57. The SMILES string of the molecule is [NH-]c1c[n+](CCc2ccccc2Cl)no1. The first-order valence-corrected chi connectivity index (χ1v) is 4.95. The van der Waals surface area contributed by atoms with E-state index < -0.39 is 0 Å². The van der Waals surface area contributed by atoms with Gasteiger partial charge in [-0.05, 0) is 11.6 Å². The van der Waals surface area contributed by atoms with Crippen LogP contribution in [-0.2, 0) is 13.0 Å². The van der Waals surface area contributed by atoms with Gasteiger partial charge in [-0.25, -0.2) is 0 Å². The number of rotatable bonds is 3. The highest BCUT2D eigenvalue weighted by atomic mass is 35.5. The van der Waals surface area contributed by atoms with Gasteiger partial charge in [0.2, 0.25) is 6.20 Å². The van der Waals surface area contributed by atoms with Gasteiger partial charge in [-0.2, -0.15) is 0 Å². The summed E-state index contributed by atoms with van der Waals surface area (Å²) in [5.41, 5.74) is 8.24. The molecule has 0 spiro atoms. The number of hydrogen-bond acceptors (Lipinski definition) is 2. The van der Waals surface area contributed by atoms with Gasteiger partial charge in [0.25, 0.3) is 0 Å². The molecule has 15 heavy (non-hydrogen) atoms. The average Bonchev–Trinajstić information content (AvgIpc) is 2.63. The maximum absolute atomic E-state index is 7.17. The van der Waals surface area contributed by atoms with Crippen LogP contribution in [0, 0.1) is 0 Å². The maximum Gasteiger partial charge on any atom is 0.222 e. The van der Waals surface area contributed by atoms with E-state index in [4.69, 9.17) is 17.3 Å². The highest BCUT2D eigenvalue weighted by molar-refractivity contribution is 6.31. The summed E-state index contributed by atoms with van der Waals surface area (Å²) in [6, 6.07) is 7.69. The first kappa shape index (κ1) is 9.98. The second kappa shape index (κ2) is 4.31. The minimum Gasteiger partial charge on any atom is -0.660 e. The number of aryl methyl sites for hydroxylation is 2. The standard InChI is InChI=1S/C10H10ClN3O/c11-9-4-2-1-3-8(9)5-6-14-7-10(12)15-13-14/h1-4,7,12H,5-6H2. The third-order valence-electron chi connectivity index (χ3n) is 2.08. The van der Waals surface area contributed by atoms with Crippen LogP contribution in [0.4, 0.5) is 5.88 Å². The van der Waals surface area contributed by atoms with E-state index in [0.29, 0.717) is 6.54 Å². The molecule has 0 bridgehead atoms. The van der Waals surface area contributed by atoms with Crippen LogP contribution in [0.15, 0.2) is 35.0 Å². The van der Waals surface area contributed by atoms with Crippen molar-refractivity contribution in [3.8, 4) is 0 Å². The van der Waals surface area contributed by atoms with Gasteiger partial charge in [0.1, 0.15) is 5.88 Å². The zero-order chi connectivity index (χ0) is 10.7. The molecule has 0 atom stereocenters. The molecule has 0 saturated heterocycles. The van der Waals surface area contributed by atoms with Crippen molar-refractivity contribution in [1.29, 1.82) is 0 Å². The van der Waals surface area contributed by atoms with Crippen LogP contribution in [0.3, 0.4) is 0 Å². The van der Waals surface area contributed by atoms with Crippen LogP contribution >= 0.6 is 11.6 Å². The van der Waals surface area contributed by atoms with E-state index in [1.165, 1.54) is 6.20 Å². The molecule has 1 N–H and O–H groups in total. The fraction of sp³-hybridized carbons (Fsp3) is 0.200. The van der Waals surface area contributed by atoms with Crippen LogP contribution in [0.1, 0.15) is 5.56 Å². The number of benzene rings is 1. The van der Waals surface area contributed by atoms with Crippen molar-refractivity contribution in [1.82, 2.24) is 5.27 Å². The quantitative estimate of drug-likeness (QED) is 0.751. The number of hydrogen-bond donors (Lipinski definition) is 0. The summed E-state index contributed by atoms with van der Waals surface area (Å²) >= 11 is 6.01. The normalized spacial score (nSPS) is 10.5. The van der Waals surface area contributed by atoms with E-state index in [-0.39, 0.29) is 5.88 Å². The topological polar surface area (TPSA) is 53.7 Å². The molecule has 1 heterocycles. The summed E-state index contributed by atoms with van der Waals surface area (Å²) in [6.45, 7) is 0.659. The molecule has 0 unspecified atom stereocenters. The van der Waals surface area contributed by atoms with Crippen LogP contribution in [0.2, 0.25) is 5.02 Å². The molecule has 2 rings (SSSR count).